The van der Waals surface area contributed by atoms with E-state index < -0.39 is 35.8 Å². The van der Waals surface area contributed by atoms with E-state index in [9.17, 15) is 29.4 Å². The van der Waals surface area contributed by atoms with Gasteiger partial charge in [-0.1, -0.05) is 25.0 Å². The third kappa shape index (κ3) is 6.97. The first kappa shape index (κ1) is 22.5. The van der Waals surface area contributed by atoms with Gasteiger partial charge in [0.15, 0.2) is 0 Å². The number of carbonyl (C=O) groups excluding carboxylic acids is 2. The summed E-state index contributed by atoms with van der Waals surface area (Å²) in [6.07, 6.45) is 3.74. The Labute approximate surface area is 172 Å². The lowest BCUT2D eigenvalue weighted by Gasteiger charge is -2.16. The lowest BCUT2D eigenvalue weighted by Crippen LogP contribution is -2.42. The van der Waals surface area contributed by atoms with Crippen LogP contribution < -0.4 is 10.6 Å². The zero-order valence-corrected chi connectivity index (χ0v) is 16.0. The van der Waals surface area contributed by atoms with Crippen LogP contribution in [0.4, 0.5) is 0 Å². The molecule has 2 atom stereocenters. The van der Waals surface area contributed by atoms with Gasteiger partial charge in [-0.05, 0) is 37.1 Å². The number of unbranched alkanes of at least 4 members (excludes halogenated alkanes) is 1. The van der Waals surface area contributed by atoms with E-state index in [-0.39, 0.29) is 24.2 Å². The molecular formula is C20H22N4O6. The standard InChI is InChI=1S/C20H22N4O6/c25-17(13-7-3-5-11-21-13)23-15(19(27)28)9-1-2-10-16(20(29)30)24-18(26)14-8-4-6-12-22-14/h3-8,11-12,15-16H,1-2,9-10H2,(H,23,25)(H,24,26)(H,27,28)(H,29,30)/t15-,16?/m1/s1. The molecule has 2 heterocycles. The Morgan fingerprint density at radius 3 is 1.43 bits per heavy atom. The maximum atomic E-state index is 12.1. The number of nitrogens with zero attached hydrogens (tertiary/aromatic N) is 2. The van der Waals surface area contributed by atoms with Gasteiger partial charge in [0.25, 0.3) is 11.8 Å². The highest BCUT2D eigenvalue weighted by Crippen LogP contribution is 2.09. The fourth-order valence-electron chi connectivity index (χ4n) is 2.67. The van der Waals surface area contributed by atoms with Crippen molar-refractivity contribution in [1.82, 2.24) is 20.6 Å². The van der Waals surface area contributed by atoms with Gasteiger partial charge in [-0.2, -0.15) is 0 Å². The van der Waals surface area contributed by atoms with Gasteiger partial charge in [-0.25, -0.2) is 9.59 Å². The molecule has 2 aromatic heterocycles. The van der Waals surface area contributed by atoms with Gasteiger partial charge in [0, 0.05) is 12.4 Å². The second kappa shape index (κ2) is 11.2. The van der Waals surface area contributed by atoms with Crippen molar-refractivity contribution >= 4 is 23.8 Å². The quantitative estimate of drug-likeness (QED) is 0.398. The van der Waals surface area contributed by atoms with Crippen LogP contribution in [0.1, 0.15) is 46.7 Å². The Morgan fingerprint density at radius 2 is 1.13 bits per heavy atom. The highest BCUT2D eigenvalue weighted by atomic mass is 16.4. The van der Waals surface area contributed by atoms with Crippen LogP contribution >= 0.6 is 0 Å². The van der Waals surface area contributed by atoms with Crippen LogP contribution in [0.5, 0.6) is 0 Å². The molecule has 10 heteroatoms. The van der Waals surface area contributed by atoms with Gasteiger partial charge >= 0.3 is 11.9 Å². The summed E-state index contributed by atoms with van der Waals surface area (Å²) in [4.78, 5) is 54.7. The van der Waals surface area contributed by atoms with E-state index in [0.29, 0.717) is 12.8 Å². The smallest absolute Gasteiger partial charge is 0.326 e. The van der Waals surface area contributed by atoms with Gasteiger partial charge in [0.05, 0.1) is 0 Å². The van der Waals surface area contributed by atoms with Gasteiger partial charge in [0.1, 0.15) is 23.5 Å². The number of hydrogen-bond donors (Lipinski definition) is 4. The number of rotatable bonds is 11. The molecule has 0 aliphatic carbocycles. The Kier molecular flexibility index (Phi) is 8.42. The largest absolute Gasteiger partial charge is 0.480 e. The van der Waals surface area contributed by atoms with Gasteiger partial charge < -0.3 is 20.8 Å². The van der Waals surface area contributed by atoms with E-state index in [0.717, 1.165) is 0 Å². The van der Waals surface area contributed by atoms with E-state index >= 15 is 0 Å². The van der Waals surface area contributed by atoms with E-state index in [4.69, 9.17) is 0 Å². The maximum Gasteiger partial charge on any atom is 0.326 e. The van der Waals surface area contributed by atoms with Gasteiger partial charge in [-0.15, -0.1) is 0 Å². The zero-order valence-electron chi connectivity index (χ0n) is 16.0. The predicted octanol–water partition coefficient (Wildman–Crippen LogP) is 1.10. The molecule has 0 aliphatic rings. The number of aliphatic carboxylic acids is 2. The second-order valence-electron chi connectivity index (χ2n) is 6.44. The van der Waals surface area contributed by atoms with E-state index in [1.54, 1.807) is 24.3 Å². The molecule has 0 spiro atoms. The molecule has 0 fully saturated rings. The van der Waals surface area contributed by atoms with Crippen LogP contribution in [0.25, 0.3) is 0 Å². The minimum Gasteiger partial charge on any atom is -0.480 e. The minimum atomic E-state index is -1.20. The van der Waals surface area contributed by atoms with Crippen molar-refractivity contribution in [3.05, 3.63) is 60.2 Å². The SMILES string of the molecule is O=C(NC(CCCC[C@@H](NC(=O)c1ccccn1)C(=O)O)C(=O)O)c1ccccn1. The minimum absolute atomic E-state index is 0.104. The molecule has 30 heavy (non-hydrogen) atoms. The molecule has 10 nitrogen and oxygen atoms in total. The summed E-state index contributed by atoms with van der Waals surface area (Å²) in [5.41, 5.74) is 0.207. The topological polar surface area (TPSA) is 159 Å². The molecule has 0 bridgehead atoms. The summed E-state index contributed by atoms with van der Waals surface area (Å²) in [5, 5.41) is 23.4. The van der Waals surface area contributed by atoms with Crippen LogP contribution in [0.3, 0.4) is 0 Å². The second-order valence-corrected chi connectivity index (χ2v) is 6.44. The number of carboxylic acids is 2. The first-order chi connectivity index (χ1) is 14.4. The molecule has 2 rings (SSSR count). The number of nitrogens with one attached hydrogen (secondary N) is 2. The lowest BCUT2D eigenvalue weighted by molar-refractivity contribution is -0.140. The van der Waals surface area contributed by atoms with Crippen molar-refractivity contribution < 1.29 is 29.4 Å². The highest BCUT2D eigenvalue weighted by Gasteiger charge is 2.23. The average molecular weight is 414 g/mol. The molecule has 0 saturated heterocycles. The molecule has 0 aromatic carbocycles. The van der Waals surface area contributed by atoms with Crippen LogP contribution in [-0.2, 0) is 9.59 Å². The first-order valence-electron chi connectivity index (χ1n) is 9.28. The molecule has 1 unspecified atom stereocenters. The van der Waals surface area contributed by atoms with Crippen molar-refractivity contribution in [1.29, 1.82) is 0 Å². The summed E-state index contributed by atoms with van der Waals surface area (Å²) < 4.78 is 0. The molecule has 158 valence electrons. The van der Waals surface area contributed by atoms with Crippen molar-refractivity contribution in [2.24, 2.45) is 0 Å². The van der Waals surface area contributed by atoms with Crippen LogP contribution in [0.2, 0.25) is 0 Å². The number of carbonyl (C=O) groups is 4. The Bertz CT molecular complexity index is 802. The molecule has 4 N–H and O–H groups in total. The summed E-state index contributed by atoms with van der Waals surface area (Å²) in [6.45, 7) is 0. The highest BCUT2D eigenvalue weighted by molar-refractivity contribution is 5.95. The first-order valence-corrected chi connectivity index (χ1v) is 9.28. The Balaban J connectivity index is 1.83. The fraction of sp³-hybridized carbons (Fsp3) is 0.300. The van der Waals surface area contributed by atoms with Crippen LogP contribution in [0.15, 0.2) is 48.8 Å². The molecular weight excluding hydrogens is 392 g/mol. The molecule has 2 amide bonds. The van der Waals surface area contributed by atoms with Crippen molar-refractivity contribution in [3.63, 3.8) is 0 Å². The molecule has 0 radical (unpaired) electrons. The van der Waals surface area contributed by atoms with Crippen LogP contribution in [-0.4, -0.2) is 56.0 Å². The Morgan fingerprint density at radius 1 is 0.733 bits per heavy atom. The summed E-state index contributed by atoms with van der Waals surface area (Å²) in [6, 6.07) is 7.17. The maximum absolute atomic E-state index is 12.1. The number of hydrogen-bond acceptors (Lipinski definition) is 6. The van der Waals surface area contributed by atoms with Crippen molar-refractivity contribution in [2.45, 2.75) is 37.8 Å². The summed E-state index contributed by atoms with van der Waals surface area (Å²) in [5.74, 6) is -3.60. The van der Waals surface area contributed by atoms with Crippen molar-refractivity contribution in [3.8, 4) is 0 Å². The fourth-order valence-corrected chi connectivity index (χ4v) is 2.67. The molecule has 0 aliphatic heterocycles. The molecule has 2 aromatic rings. The van der Waals surface area contributed by atoms with Gasteiger partial charge in [0.2, 0.25) is 0 Å². The zero-order chi connectivity index (χ0) is 21.9. The lowest BCUT2D eigenvalue weighted by atomic mass is 10.0. The Hall–Kier alpha value is -3.82. The normalized spacial score (nSPS) is 12.4. The van der Waals surface area contributed by atoms with E-state index in [2.05, 4.69) is 20.6 Å². The third-order valence-corrected chi connectivity index (χ3v) is 4.24. The average Bonchev–Trinajstić information content (AvgIpc) is 2.75. The number of amides is 2. The monoisotopic (exact) mass is 414 g/mol. The van der Waals surface area contributed by atoms with E-state index in [1.165, 1.54) is 24.5 Å². The van der Waals surface area contributed by atoms with E-state index in [1.807, 2.05) is 0 Å². The van der Waals surface area contributed by atoms with Crippen molar-refractivity contribution in [2.75, 3.05) is 0 Å². The number of aromatic nitrogens is 2. The summed E-state index contributed by atoms with van der Waals surface area (Å²) >= 11 is 0. The summed E-state index contributed by atoms with van der Waals surface area (Å²) in [7, 11) is 0. The number of pyridine rings is 2. The predicted molar refractivity (Wildman–Crippen MR) is 105 cm³/mol. The number of carboxylic acid groups (broad SMARTS) is 2. The third-order valence-electron chi connectivity index (χ3n) is 4.24. The molecule has 0 saturated carbocycles. The van der Waals surface area contributed by atoms with Crippen LogP contribution in [0, 0.1) is 0 Å². The van der Waals surface area contributed by atoms with Gasteiger partial charge in [-0.3, -0.25) is 19.6 Å².